The van der Waals surface area contributed by atoms with E-state index in [1.54, 1.807) is 0 Å². The third-order valence-corrected chi connectivity index (χ3v) is 1.84. The van der Waals surface area contributed by atoms with Crippen molar-refractivity contribution >= 4 is 5.78 Å². The highest BCUT2D eigenvalue weighted by Crippen LogP contribution is 2.11. The van der Waals surface area contributed by atoms with Gasteiger partial charge in [0.15, 0.2) is 5.78 Å². The monoisotopic (exact) mass is 154 g/mol. The summed E-state index contributed by atoms with van der Waals surface area (Å²) < 4.78 is 4.97. The molecule has 0 aromatic rings. The summed E-state index contributed by atoms with van der Waals surface area (Å²) in [6, 6.07) is 0. The van der Waals surface area contributed by atoms with E-state index in [1.807, 2.05) is 6.08 Å². The fraction of sp³-hybridized carbons (Fsp3) is 0.667. The average molecular weight is 154 g/mol. The van der Waals surface area contributed by atoms with Crippen LogP contribution >= 0.6 is 0 Å². The Balaban J connectivity index is 2.41. The Kier molecular flexibility index (Phi) is 3.30. The van der Waals surface area contributed by atoms with Crippen LogP contribution in [0.3, 0.4) is 0 Å². The smallest absolute Gasteiger partial charge is 0.184 e. The molecule has 1 aliphatic heterocycles. The van der Waals surface area contributed by atoms with Crippen LogP contribution in [0.4, 0.5) is 0 Å². The van der Waals surface area contributed by atoms with E-state index in [1.165, 1.54) is 0 Å². The number of hydrogen-bond donors (Lipinski definition) is 0. The Labute approximate surface area is 67.2 Å². The molecular weight excluding hydrogens is 140 g/mol. The number of ketones is 1. The molecule has 0 radical (unpaired) electrons. The molecule has 11 heavy (non-hydrogen) atoms. The first-order valence-corrected chi connectivity index (χ1v) is 4.14. The lowest BCUT2D eigenvalue weighted by molar-refractivity contribution is -0.120. The molecule has 1 heterocycles. The summed E-state index contributed by atoms with van der Waals surface area (Å²) in [5.74, 6) is 0.171. The highest BCUT2D eigenvalue weighted by molar-refractivity contribution is 5.96. The van der Waals surface area contributed by atoms with Crippen molar-refractivity contribution in [2.75, 3.05) is 13.2 Å². The van der Waals surface area contributed by atoms with Gasteiger partial charge in [0.25, 0.3) is 0 Å². The summed E-state index contributed by atoms with van der Waals surface area (Å²) in [4.78, 5) is 11.1. The quantitative estimate of drug-likeness (QED) is 0.618. The van der Waals surface area contributed by atoms with Crippen molar-refractivity contribution in [3.8, 4) is 0 Å². The SMILES string of the molecule is CCCCC1=CCOCC1=O. The van der Waals surface area contributed by atoms with Gasteiger partial charge in [-0.15, -0.1) is 0 Å². The minimum absolute atomic E-state index is 0.171. The minimum atomic E-state index is 0.171. The zero-order valence-corrected chi connectivity index (χ0v) is 6.93. The van der Waals surface area contributed by atoms with Crippen LogP contribution in [0.1, 0.15) is 26.2 Å². The van der Waals surface area contributed by atoms with E-state index in [9.17, 15) is 4.79 Å². The van der Waals surface area contributed by atoms with Crippen LogP contribution in [0.15, 0.2) is 11.6 Å². The van der Waals surface area contributed by atoms with Gasteiger partial charge in [0.1, 0.15) is 6.61 Å². The zero-order valence-electron chi connectivity index (χ0n) is 6.93. The minimum Gasteiger partial charge on any atom is -0.369 e. The molecule has 0 aromatic heterocycles. The number of unbranched alkanes of at least 4 members (excludes halogenated alkanes) is 1. The van der Waals surface area contributed by atoms with Crippen molar-refractivity contribution in [3.05, 3.63) is 11.6 Å². The first-order valence-electron chi connectivity index (χ1n) is 4.14. The van der Waals surface area contributed by atoms with E-state index >= 15 is 0 Å². The van der Waals surface area contributed by atoms with Crippen LogP contribution in [0.2, 0.25) is 0 Å². The fourth-order valence-electron chi connectivity index (χ4n) is 1.13. The number of carbonyl (C=O) groups is 1. The van der Waals surface area contributed by atoms with Crippen molar-refractivity contribution in [1.29, 1.82) is 0 Å². The second-order valence-corrected chi connectivity index (χ2v) is 2.77. The van der Waals surface area contributed by atoms with E-state index in [4.69, 9.17) is 4.74 Å². The molecule has 0 saturated carbocycles. The molecule has 0 bridgehead atoms. The maximum Gasteiger partial charge on any atom is 0.184 e. The van der Waals surface area contributed by atoms with Gasteiger partial charge < -0.3 is 4.74 Å². The predicted octanol–water partition coefficient (Wildman–Crippen LogP) is 1.70. The van der Waals surface area contributed by atoms with Crippen molar-refractivity contribution in [2.45, 2.75) is 26.2 Å². The topological polar surface area (TPSA) is 26.3 Å². The average Bonchev–Trinajstić information content (AvgIpc) is 2.03. The molecule has 0 atom stereocenters. The van der Waals surface area contributed by atoms with Crippen LogP contribution in [0, 0.1) is 0 Å². The molecule has 2 heteroatoms. The van der Waals surface area contributed by atoms with Gasteiger partial charge in [-0.3, -0.25) is 4.79 Å². The van der Waals surface area contributed by atoms with Gasteiger partial charge in [-0.25, -0.2) is 0 Å². The lowest BCUT2D eigenvalue weighted by atomic mass is 10.0. The Hall–Kier alpha value is -0.630. The Morgan fingerprint density at radius 2 is 2.45 bits per heavy atom. The summed E-state index contributed by atoms with van der Waals surface area (Å²) >= 11 is 0. The van der Waals surface area contributed by atoms with E-state index in [2.05, 4.69) is 6.92 Å². The maximum atomic E-state index is 11.1. The van der Waals surface area contributed by atoms with E-state index in [0.29, 0.717) is 6.61 Å². The molecule has 1 aliphatic rings. The molecule has 62 valence electrons. The highest BCUT2D eigenvalue weighted by Gasteiger charge is 2.12. The van der Waals surface area contributed by atoms with Crippen LogP contribution in [0.5, 0.6) is 0 Å². The Morgan fingerprint density at radius 1 is 1.64 bits per heavy atom. The van der Waals surface area contributed by atoms with E-state index in [-0.39, 0.29) is 12.4 Å². The lowest BCUT2D eigenvalue weighted by Gasteiger charge is -2.11. The van der Waals surface area contributed by atoms with Crippen LogP contribution in [-0.4, -0.2) is 19.0 Å². The molecule has 0 amide bonds. The van der Waals surface area contributed by atoms with Crippen molar-refractivity contribution in [2.24, 2.45) is 0 Å². The third kappa shape index (κ3) is 2.46. The van der Waals surface area contributed by atoms with Crippen LogP contribution in [-0.2, 0) is 9.53 Å². The summed E-state index contributed by atoms with van der Waals surface area (Å²) in [6.07, 6.45) is 5.09. The van der Waals surface area contributed by atoms with Gasteiger partial charge >= 0.3 is 0 Å². The molecule has 0 aromatic carbocycles. The standard InChI is InChI=1S/C9H14O2/c1-2-3-4-8-5-6-11-7-9(8)10/h5H,2-4,6-7H2,1H3. The maximum absolute atomic E-state index is 11.1. The summed E-state index contributed by atoms with van der Waals surface area (Å²) in [7, 11) is 0. The first-order chi connectivity index (χ1) is 5.34. The normalized spacial score (nSPS) is 18.3. The summed E-state index contributed by atoms with van der Waals surface area (Å²) in [5.41, 5.74) is 0.970. The van der Waals surface area contributed by atoms with Gasteiger partial charge in [-0.2, -0.15) is 0 Å². The van der Waals surface area contributed by atoms with Gasteiger partial charge in [-0.1, -0.05) is 19.4 Å². The predicted molar refractivity (Wildman–Crippen MR) is 43.4 cm³/mol. The van der Waals surface area contributed by atoms with Crippen molar-refractivity contribution in [3.63, 3.8) is 0 Å². The van der Waals surface area contributed by atoms with Gasteiger partial charge in [0.2, 0.25) is 0 Å². The van der Waals surface area contributed by atoms with Crippen LogP contribution in [0.25, 0.3) is 0 Å². The lowest BCUT2D eigenvalue weighted by Crippen LogP contribution is -2.17. The molecule has 0 fully saturated rings. The Morgan fingerprint density at radius 3 is 3.09 bits per heavy atom. The Bertz CT molecular complexity index is 170. The van der Waals surface area contributed by atoms with Crippen molar-refractivity contribution in [1.82, 2.24) is 0 Å². The molecule has 0 saturated heterocycles. The van der Waals surface area contributed by atoms with Gasteiger partial charge in [0, 0.05) is 0 Å². The number of rotatable bonds is 3. The zero-order chi connectivity index (χ0) is 8.10. The van der Waals surface area contributed by atoms with Gasteiger partial charge in [0.05, 0.1) is 6.61 Å². The second kappa shape index (κ2) is 4.29. The summed E-state index contributed by atoms with van der Waals surface area (Å²) in [5, 5.41) is 0. The molecule has 0 aliphatic carbocycles. The van der Waals surface area contributed by atoms with Crippen LogP contribution < -0.4 is 0 Å². The molecule has 1 rings (SSSR count). The first kappa shape index (κ1) is 8.47. The van der Waals surface area contributed by atoms with Gasteiger partial charge in [-0.05, 0) is 18.4 Å². The van der Waals surface area contributed by atoms with Crippen molar-refractivity contribution < 1.29 is 9.53 Å². The number of hydrogen-bond acceptors (Lipinski definition) is 2. The summed E-state index contributed by atoms with van der Waals surface area (Å²) in [6.45, 7) is 3.03. The number of Topliss-reactive ketones (excluding diaryl/α,β-unsaturated/α-hetero) is 1. The molecule has 0 unspecified atom stereocenters. The second-order valence-electron chi connectivity index (χ2n) is 2.77. The molecular formula is C9H14O2. The molecule has 0 spiro atoms. The fourth-order valence-corrected chi connectivity index (χ4v) is 1.13. The number of ether oxygens (including phenoxy) is 1. The molecule has 2 nitrogen and oxygen atoms in total. The highest BCUT2D eigenvalue weighted by atomic mass is 16.5. The number of carbonyl (C=O) groups excluding carboxylic acids is 1. The third-order valence-electron chi connectivity index (χ3n) is 1.84. The van der Waals surface area contributed by atoms with E-state index in [0.717, 1.165) is 24.8 Å². The largest absolute Gasteiger partial charge is 0.369 e. The van der Waals surface area contributed by atoms with E-state index < -0.39 is 0 Å². The molecule has 0 N–H and O–H groups in total.